The maximum atomic E-state index is 5.37. The molecule has 0 bridgehead atoms. The summed E-state index contributed by atoms with van der Waals surface area (Å²) in [6, 6.07) is 0. The van der Waals surface area contributed by atoms with Crippen LogP contribution >= 0.6 is 11.6 Å². The van der Waals surface area contributed by atoms with Crippen LogP contribution in [0, 0.1) is 0 Å². The van der Waals surface area contributed by atoms with Crippen molar-refractivity contribution in [2.24, 2.45) is 5.16 Å². The number of rotatable bonds is 3. The van der Waals surface area contributed by atoms with E-state index >= 15 is 0 Å². The second kappa shape index (κ2) is 4.39. The lowest BCUT2D eigenvalue weighted by Gasteiger charge is -1.94. The molecule has 0 unspecified atom stereocenters. The third-order valence-corrected chi connectivity index (χ3v) is 0.577. The fraction of sp³-hybridized carbons (Fsp3) is 0.500. The molecule has 0 aliphatic heterocycles. The van der Waals surface area contributed by atoms with E-state index in [1.807, 2.05) is 13.8 Å². The van der Waals surface area contributed by atoms with E-state index in [2.05, 4.69) is 11.7 Å². The molecule has 0 aliphatic rings. The highest BCUT2D eigenvalue weighted by atomic mass is 35.5. The van der Waals surface area contributed by atoms with Crippen molar-refractivity contribution in [3.05, 3.63) is 11.6 Å². The predicted octanol–water partition coefficient (Wildman–Crippen LogP) is 2.15. The molecule has 52 valence electrons. The monoisotopic (exact) mass is 147 g/mol. The second-order valence-corrected chi connectivity index (χ2v) is 2.36. The highest BCUT2D eigenvalue weighted by Crippen LogP contribution is 1.96. The van der Waals surface area contributed by atoms with Gasteiger partial charge in [-0.3, -0.25) is 0 Å². The van der Waals surface area contributed by atoms with Crippen LogP contribution < -0.4 is 0 Å². The van der Waals surface area contributed by atoms with Crippen molar-refractivity contribution in [2.75, 3.05) is 6.61 Å². The third kappa shape index (κ3) is 7.50. The Balaban J connectivity index is 3.31. The first-order chi connectivity index (χ1) is 4.13. The highest BCUT2D eigenvalue weighted by Gasteiger charge is 1.85. The maximum absolute atomic E-state index is 5.37. The lowest BCUT2D eigenvalue weighted by Crippen LogP contribution is -1.89. The summed E-state index contributed by atoms with van der Waals surface area (Å²) in [4.78, 5) is 4.71. The van der Waals surface area contributed by atoms with E-state index in [1.165, 1.54) is 0 Å². The summed E-state index contributed by atoms with van der Waals surface area (Å²) in [7, 11) is 0. The maximum Gasteiger partial charge on any atom is 0.152 e. The zero-order chi connectivity index (χ0) is 7.28. The second-order valence-electron chi connectivity index (χ2n) is 1.83. The van der Waals surface area contributed by atoms with E-state index in [9.17, 15) is 0 Å². The van der Waals surface area contributed by atoms with Gasteiger partial charge in [0.2, 0.25) is 0 Å². The van der Waals surface area contributed by atoms with Gasteiger partial charge >= 0.3 is 0 Å². The molecule has 0 fully saturated rings. The molecule has 0 atom stereocenters. The van der Waals surface area contributed by atoms with Gasteiger partial charge in [0.05, 0.1) is 10.7 Å². The molecular weight excluding hydrogens is 138 g/mol. The molecule has 0 aromatic carbocycles. The molecule has 0 aromatic rings. The van der Waals surface area contributed by atoms with Gasteiger partial charge < -0.3 is 4.84 Å². The van der Waals surface area contributed by atoms with Crippen molar-refractivity contribution in [1.29, 1.82) is 0 Å². The van der Waals surface area contributed by atoms with Gasteiger partial charge in [-0.25, -0.2) is 0 Å². The molecule has 2 nitrogen and oxygen atoms in total. The van der Waals surface area contributed by atoms with Crippen LogP contribution in [0.15, 0.2) is 16.8 Å². The van der Waals surface area contributed by atoms with E-state index < -0.39 is 0 Å². The molecule has 0 rings (SSSR count). The highest BCUT2D eigenvalue weighted by molar-refractivity contribution is 6.29. The normalized spacial score (nSPS) is 8.33. The molecule has 0 amide bonds. The Morgan fingerprint density at radius 1 is 1.67 bits per heavy atom. The molecule has 0 radical (unpaired) electrons. The first-order valence-electron chi connectivity index (χ1n) is 2.59. The van der Waals surface area contributed by atoms with Gasteiger partial charge in [-0.1, -0.05) is 23.3 Å². The third-order valence-electron chi connectivity index (χ3n) is 0.468. The number of hydrogen-bond acceptors (Lipinski definition) is 2. The number of hydrogen-bond donors (Lipinski definition) is 0. The SMILES string of the molecule is C=C(Cl)CON=C(C)C. The minimum Gasteiger partial charge on any atom is -0.390 e. The molecule has 3 heteroatoms. The van der Waals surface area contributed by atoms with E-state index in [0.717, 1.165) is 5.71 Å². The number of oxime groups is 1. The fourth-order valence-electron chi connectivity index (χ4n) is 0.231. The summed E-state index contributed by atoms with van der Waals surface area (Å²) in [5.41, 5.74) is 0.868. The van der Waals surface area contributed by atoms with Crippen LogP contribution in [0.25, 0.3) is 0 Å². The van der Waals surface area contributed by atoms with Gasteiger partial charge in [-0.15, -0.1) is 0 Å². The van der Waals surface area contributed by atoms with Crippen LogP contribution in [0.2, 0.25) is 0 Å². The Hall–Kier alpha value is -0.500. The lowest BCUT2D eigenvalue weighted by atomic mass is 10.5. The van der Waals surface area contributed by atoms with Crippen LogP contribution in [0.4, 0.5) is 0 Å². The Kier molecular flexibility index (Phi) is 4.14. The molecule has 9 heavy (non-hydrogen) atoms. The van der Waals surface area contributed by atoms with Crippen molar-refractivity contribution in [1.82, 2.24) is 0 Å². The smallest absolute Gasteiger partial charge is 0.152 e. The summed E-state index contributed by atoms with van der Waals surface area (Å²) in [5, 5.41) is 4.09. The summed E-state index contributed by atoms with van der Waals surface area (Å²) in [5.74, 6) is 0. The van der Waals surface area contributed by atoms with E-state index in [-0.39, 0.29) is 6.61 Å². The minimum atomic E-state index is 0.284. The molecule has 0 aliphatic carbocycles. The van der Waals surface area contributed by atoms with Gasteiger partial charge in [0.15, 0.2) is 6.61 Å². The summed E-state index contributed by atoms with van der Waals surface area (Å²) in [6.07, 6.45) is 0. The fourth-order valence-corrected chi connectivity index (χ4v) is 0.280. The first kappa shape index (κ1) is 8.50. The van der Waals surface area contributed by atoms with Gasteiger partial charge in [0, 0.05) is 0 Å². The van der Waals surface area contributed by atoms with Gasteiger partial charge in [-0.05, 0) is 13.8 Å². The van der Waals surface area contributed by atoms with E-state index in [0.29, 0.717) is 5.03 Å². The number of nitrogens with zero attached hydrogens (tertiary/aromatic N) is 1. The van der Waals surface area contributed by atoms with E-state index in [1.54, 1.807) is 0 Å². The molecule has 0 heterocycles. The Morgan fingerprint density at radius 2 is 2.22 bits per heavy atom. The topological polar surface area (TPSA) is 21.6 Å². The zero-order valence-electron chi connectivity index (χ0n) is 5.65. The van der Waals surface area contributed by atoms with Gasteiger partial charge in [0.25, 0.3) is 0 Å². The van der Waals surface area contributed by atoms with Crippen LogP contribution in [0.1, 0.15) is 13.8 Å². The van der Waals surface area contributed by atoms with Crippen molar-refractivity contribution in [2.45, 2.75) is 13.8 Å². The van der Waals surface area contributed by atoms with Crippen molar-refractivity contribution in [3.8, 4) is 0 Å². The quantitative estimate of drug-likeness (QED) is 0.443. The Morgan fingerprint density at radius 3 is 2.56 bits per heavy atom. The van der Waals surface area contributed by atoms with Gasteiger partial charge in [-0.2, -0.15) is 0 Å². The molecule has 0 saturated heterocycles. The minimum absolute atomic E-state index is 0.284. The standard InChI is InChI=1S/C6H10ClNO/c1-5(2)8-9-4-6(3)7/h3-4H2,1-2H3. The lowest BCUT2D eigenvalue weighted by molar-refractivity contribution is 0.172. The summed E-state index contributed by atoms with van der Waals surface area (Å²) < 4.78 is 0. The molecule has 0 spiro atoms. The number of halogens is 1. The van der Waals surface area contributed by atoms with Crippen LogP contribution in [0.3, 0.4) is 0 Å². The summed E-state index contributed by atoms with van der Waals surface area (Å²) in [6.45, 7) is 7.40. The van der Waals surface area contributed by atoms with Crippen molar-refractivity contribution < 1.29 is 4.84 Å². The molecular formula is C6H10ClNO. The Bertz CT molecular complexity index is 127. The first-order valence-corrected chi connectivity index (χ1v) is 2.97. The average Bonchev–Trinajstić information content (AvgIpc) is 1.63. The van der Waals surface area contributed by atoms with Crippen LogP contribution in [-0.2, 0) is 4.84 Å². The van der Waals surface area contributed by atoms with Crippen LogP contribution in [-0.4, -0.2) is 12.3 Å². The Labute approximate surface area is 60.1 Å². The van der Waals surface area contributed by atoms with E-state index in [4.69, 9.17) is 16.4 Å². The van der Waals surface area contributed by atoms with Crippen molar-refractivity contribution >= 4 is 17.3 Å². The summed E-state index contributed by atoms with van der Waals surface area (Å²) >= 11 is 5.37. The zero-order valence-corrected chi connectivity index (χ0v) is 6.40. The van der Waals surface area contributed by atoms with Crippen LogP contribution in [0.5, 0.6) is 0 Å². The largest absolute Gasteiger partial charge is 0.390 e. The van der Waals surface area contributed by atoms with Crippen molar-refractivity contribution in [3.63, 3.8) is 0 Å². The molecule has 0 aromatic heterocycles. The molecule has 0 N–H and O–H groups in total. The van der Waals surface area contributed by atoms with Gasteiger partial charge in [0.1, 0.15) is 0 Å². The molecule has 0 saturated carbocycles. The predicted molar refractivity (Wildman–Crippen MR) is 39.7 cm³/mol. The average molecular weight is 148 g/mol.